The van der Waals surface area contributed by atoms with Gasteiger partial charge in [-0.05, 0) is 34.4 Å². The van der Waals surface area contributed by atoms with Crippen LogP contribution in [0, 0.1) is 0 Å². The summed E-state index contributed by atoms with van der Waals surface area (Å²) in [4.78, 5) is 0. The van der Waals surface area contributed by atoms with Crippen LogP contribution in [-0.4, -0.2) is 6.71 Å². The third-order valence-corrected chi connectivity index (χ3v) is 7.28. The number of rotatable bonds is 1. The van der Waals surface area contributed by atoms with Crippen molar-refractivity contribution in [3.8, 4) is 11.5 Å². The standard InChI is InChI=1S/C28H21BO2/c1-2-10-18(11-3-1)29-25-21-14-6-8-16-23(21)30-27(25)19-12-4-5-13-20(19)28-26(29)22-15-7-9-17-24(22)31-28/h1-17,25-28H. The average molecular weight is 400 g/mol. The molecular formula is C28H21BO2. The Kier molecular flexibility index (Phi) is 3.63. The maximum absolute atomic E-state index is 6.67. The summed E-state index contributed by atoms with van der Waals surface area (Å²) in [7, 11) is 0. The molecule has 3 heteroatoms. The number of hydrogen-bond donors (Lipinski definition) is 0. The Bertz CT molecular complexity index is 1200. The van der Waals surface area contributed by atoms with Gasteiger partial charge >= 0.3 is 0 Å². The third-order valence-electron chi connectivity index (χ3n) is 7.28. The van der Waals surface area contributed by atoms with E-state index in [1.165, 1.54) is 27.7 Å². The van der Waals surface area contributed by atoms with Crippen molar-refractivity contribution < 1.29 is 9.47 Å². The van der Waals surface area contributed by atoms with Crippen LogP contribution >= 0.6 is 0 Å². The maximum atomic E-state index is 6.67. The highest BCUT2D eigenvalue weighted by Crippen LogP contribution is 2.58. The van der Waals surface area contributed by atoms with E-state index in [9.17, 15) is 0 Å². The van der Waals surface area contributed by atoms with Crippen LogP contribution in [0.3, 0.4) is 0 Å². The Balaban J connectivity index is 1.55. The molecule has 0 spiro atoms. The molecule has 4 unspecified atom stereocenters. The molecule has 148 valence electrons. The lowest BCUT2D eigenvalue weighted by Gasteiger charge is -2.29. The number of hydrogen-bond acceptors (Lipinski definition) is 2. The van der Waals surface area contributed by atoms with Crippen molar-refractivity contribution in [2.45, 2.75) is 23.8 Å². The van der Waals surface area contributed by atoms with Gasteiger partial charge in [0.15, 0.2) is 0 Å². The van der Waals surface area contributed by atoms with Crippen LogP contribution in [0.15, 0.2) is 103 Å². The zero-order valence-corrected chi connectivity index (χ0v) is 17.0. The van der Waals surface area contributed by atoms with E-state index in [0.29, 0.717) is 0 Å². The van der Waals surface area contributed by atoms with Crippen molar-refractivity contribution in [1.82, 2.24) is 0 Å². The predicted octanol–water partition coefficient (Wildman–Crippen LogP) is 5.62. The van der Waals surface area contributed by atoms with Crippen LogP contribution < -0.4 is 14.9 Å². The van der Waals surface area contributed by atoms with E-state index in [1.807, 2.05) is 0 Å². The van der Waals surface area contributed by atoms with Gasteiger partial charge in [-0.25, -0.2) is 0 Å². The van der Waals surface area contributed by atoms with Crippen molar-refractivity contribution in [2.75, 3.05) is 0 Å². The SMILES string of the molecule is c1ccc(B2C3c4ccccc4OC3c3ccccc3C3Oc4ccccc4C23)cc1. The summed E-state index contributed by atoms with van der Waals surface area (Å²) in [5.74, 6) is 2.48. The van der Waals surface area contributed by atoms with Gasteiger partial charge < -0.3 is 9.47 Å². The number of benzene rings is 4. The molecule has 3 aliphatic heterocycles. The van der Waals surface area contributed by atoms with Crippen LogP contribution in [0.25, 0.3) is 0 Å². The molecule has 0 N–H and O–H groups in total. The topological polar surface area (TPSA) is 18.5 Å². The van der Waals surface area contributed by atoms with Gasteiger partial charge in [-0.2, -0.15) is 0 Å². The van der Waals surface area contributed by atoms with Crippen molar-refractivity contribution >= 4 is 12.2 Å². The maximum Gasteiger partial charge on any atom is 0.201 e. The molecule has 4 aromatic carbocycles. The van der Waals surface area contributed by atoms with Gasteiger partial charge in [0.05, 0.1) is 0 Å². The first-order valence-electron chi connectivity index (χ1n) is 11.0. The van der Waals surface area contributed by atoms with Crippen molar-refractivity contribution in [3.05, 3.63) is 125 Å². The van der Waals surface area contributed by atoms with Crippen molar-refractivity contribution in [2.24, 2.45) is 0 Å². The number of para-hydroxylation sites is 2. The molecule has 3 aliphatic rings. The molecule has 3 heterocycles. The smallest absolute Gasteiger partial charge is 0.201 e. The first-order valence-corrected chi connectivity index (χ1v) is 11.0. The number of ether oxygens (including phenoxy) is 2. The van der Waals surface area contributed by atoms with E-state index in [2.05, 4.69) is 103 Å². The Labute approximate surface area is 182 Å². The normalized spacial score (nSPS) is 24.6. The molecule has 0 fully saturated rings. The minimum atomic E-state index is -0.0137. The van der Waals surface area contributed by atoms with Gasteiger partial charge in [-0.15, -0.1) is 0 Å². The molecule has 0 aromatic heterocycles. The van der Waals surface area contributed by atoms with E-state index >= 15 is 0 Å². The fourth-order valence-corrected chi connectivity index (χ4v) is 6.09. The van der Waals surface area contributed by atoms with Gasteiger partial charge in [0.2, 0.25) is 6.71 Å². The second-order valence-electron chi connectivity index (χ2n) is 8.77. The molecule has 2 nitrogen and oxygen atoms in total. The summed E-state index contributed by atoms with van der Waals surface area (Å²) < 4.78 is 13.3. The van der Waals surface area contributed by atoms with Gasteiger partial charge in [0.1, 0.15) is 23.7 Å². The summed E-state index contributed by atoms with van der Waals surface area (Å²) in [6.45, 7) is 0.246. The molecule has 0 saturated carbocycles. The highest BCUT2D eigenvalue weighted by Gasteiger charge is 2.55. The Morgan fingerprint density at radius 2 is 0.871 bits per heavy atom. The van der Waals surface area contributed by atoms with Gasteiger partial charge in [0, 0.05) is 11.6 Å². The molecule has 7 rings (SSSR count). The second kappa shape index (κ2) is 6.52. The molecule has 0 aliphatic carbocycles. The Morgan fingerprint density at radius 3 is 1.39 bits per heavy atom. The first kappa shape index (κ1) is 17.2. The molecule has 0 amide bonds. The lowest BCUT2D eigenvalue weighted by atomic mass is 9.28. The van der Waals surface area contributed by atoms with Crippen molar-refractivity contribution in [1.29, 1.82) is 0 Å². The fourth-order valence-electron chi connectivity index (χ4n) is 6.09. The minimum Gasteiger partial charge on any atom is -0.486 e. The molecule has 0 saturated heterocycles. The van der Waals surface area contributed by atoms with Gasteiger partial charge in [0.25, 0.3) is 0 Å². The Hall–Kier alpha value is -3.46. The highest BCUT2D eigenvalue weighted by atomic mass is 16.5. The molecule has 0 radical (unpaired) electrons. The van der Waals surface area contributed by atoms with Crippen LogP contribution in [0.2, 0.25) is 0 Å². The third kappa shape index (κ3) is 2.40. The van der Waals surface area contributed by atoms with Gasteiger partial charge in [-0.1, -0.05) is 96.5 Å². The summed E-state index contributed by atoms with van der Waals surface area (Å²) in [5.41, 5.74) is 6.47. The monoisotopic (exact) mass is 400 g/mol. The second-order valence-corrected chi connectivity index (χ2v) is 8.77. The van der Waals surface area contributed by atoms with E-state index in [1.54, 1.807) is 0 Å². The molecular weight excluding hydrogens is 379 g/mol. The average Bonchev–Trinajstić information content (AvgIpc) is 3.37. The highest BCUT2D eigenvalue weighted by molar-refractivity contribution is 6.76. The molecule has 31 heavy (non-hydrogen) atoms. The summed E-state index contributed by atoms with van der Waals surface area (Å²) >= 11 is 0. The van der Waals surface area contributed by atoms with Crippen LogP contribution in [0.1, 0.15) is 46.1 Å². The van der Waals surface area contributed by atoms with Crippen LogP contribution in [0.5, 0.6) is 11.5 Å². The largest absolute Gasteiger partial charge is 0.486 e. The summed E-state index contributed by atoms with van der Waals surface area (Å²) in [6.07, 6.45) is -0.0275. The van der Waals surface area contributed by atoms with Crippen LogP contribution in [-0.2, 0) is 0 Å². The van der Waals surface area contributed by atoms with Crippen LogP contribution in [0.4, 0.5) is 0 Å². The zero-order valence-electron chi connectivity index (χ0n) is 17.0. The van der Waals surface area contributed by atoms with E-state index in [-0.39, 0.29) is 30.6 Å². The quantitative estimate of drug-likeness (QED) is 0.387. The Morgan fingerprint density at radius 1 is 0.452 bits per heavy atom. The first-order chi connectivity index (χ1) is 15.4. The minimum absolute atomic E-state index is 0.0137. The lowest BCUT2D eigenvalue weighted by molar-refractivity contribution is 0.219. The van der Waals surface area contributed by atoms with Gasteiger partial charge in [-0.3, -0.25) is 0 Å². The molecule has 4 aromatic rings. The zero-order chi connectivity index (χ0) is 20.4. The van der Waals surface area contributed by atoms with Crippen molar-refractivity contribution in [3.63, 3.8) is 0 Å². The van der Waals surface area contributed by atoms with E-state index < -0.39 is 0 Å². The summed E-state index contributed by atoms with van der Waals surface area (Å²) in [5, 5.41) is 0. The molecule has 0 bridgehead atoms. The predicted molar refractivity (Wildman–Crippen MR) is 123 cm³/mol. The molecule has 4 atom stereocenters. The summed E-state index contributed by atoms with van der Waals surface area (Å²) in [6, 6.07) is 36.8. The fraction of sp³-hybridized carbons (Fsp3) is 0.143. The van der Waals surface area contributed by atoms with E-state index in [4.69, 9.17) is 9.47 Å². The lowest BCUT2D eigenvalue weighted by Crippen LogP contribution is -2.44. The number of fused-ring (bicyclic) bond motifs is 9. The van der Waals surface area contributed by atoms with E-state index in [0.717, 1.165) is 11.5 Å².